The number of aliphatic hydroxyl groups is 1. The molecule has 1 amide bonds. The summed E-state index contributed by atoms with van der Waals surface area (Å²) in [6.45, 7) is 10.5. The summed E-state index contributed by atoms with van der Waals surface area (Å²) in [6, 6.07) is 9.70. The topological polar surface area (TPSA) is 88.5 Å². The summed E-state index contributed by atoms with van der Waals surface area (Å²) in [6.07, 6.45) is 1.62. The van der Waals surface area contributed by atoms with Crippen molar-refractivity contribution in [3.8, 4) is 17.2 Å². The number of aryl methyl sites for hydroxylation is 1. The van der Waals surface area contributed by atoms with Gasteiger partial charge in [0.2, 0.25) is 0 Å². The predicted molar refractivity (Wildman–Crippen MR) is 143 cm³/mol. The number of rotatable bonds is 11. The Morgan fingerprint density at radius 3 is 2.49 bits per heavy atom. The fourth-order valence-electron chi connectivity index (χ4n) is 4.28. The maximum atomic E-state index is 13.3. The van der Waals surface area contributed by atoms with E-state index in [0.29, 0.717) is 48.1 Å². The van der Waals surface area contributed by atoms with E-state index in [1.165, 1.54) is 12.0 Å². The molecule has 1 heterocycles. The third kappa shape index (κ3) is 6.14. The average Bonchev–Trinajstić information content (AvgIpc) is 3.10. The van der Waals surface area contributed by atoms with Crippen molar-refractivity contribution in [3.05, 3.63) is 71.3 Å². The number of likely N-dealkylation sites (tertiary alicyclic amines) is 1. The van der Waals surface area contributed by atoms with Crippen LogP contribution in [0.2, 0.25) is 0 Å². The third-order valence-electron chi connectivity index (χ3n) is 6.01. The summed E-state index contributed by atoms with van der Waals surface area (Å²) in [7, 11) is 5.31. The van der Waals surface area contributed by atoms with Gasteiger partial charge in [-0.05, 0) is 76.3 Å². The van der Waals surface area contributed by atoms with Crippen molar-refractivity contribution in [2.24, 2.45) is 0 Å². The van der Waals surface area contributed by atoms with Gasteiger partial charge >= 0.3 is 0 Å². The molecule has 0 aromatic heterocycles. The van der Waals surface area contributed by atoms with E-state index in [-0.39, 0.29) is 17.4 Å². The fourth-order valence-corrected chi connectivity index (χ4v) is 4.28. The van der Waals surface area contributed by atoms with Gasteiger partial charge in [-0.15, -0.1) is 0 Å². The Morgan fingerprint density at radius 1 is 1.16 bits per heavy atom. The Balaban J connectivity index is 2.16. The maximum absolute atomic E-state index is 13.3. The zero-order valence-corrected chi connectivity index (χ0v) is 22.4. The average molecular weight is 509 g/mol. The minimum absolute atomic E-state index is 0.00530. The van der Waals surface area contributed by atoms with Crippen LogP contribution in [0.3, 0.4) is 0 Å². The molecule has 0 bridgehead atoms. The second-order valence-corrected chi connectivity index (χ2v) is 9.45. The molecule has 8 heteroatoms. The number of ketones is 1. The number of hydrogen-bond acceptors (Lipinski definition) is 7. The van der Waals surface area contributed by atoms with Crippen molar-refractivity contribution in [2.75, 3.05) is 40.9 Å². The molecule has 1 unspecified atom stereocenters. The molecular weight excluding hydrogens is 472 g/mol. The van der Waals surface area contributed by atoms with Crippen molar-refractivity contribution >= 4 is 17.4 Å². The van der Waals surface area contributed by atoms with E-state index in [0.717, 1.165) is 5.56 Å². The molecule has 37 heavy (non-hydrogen) atoms. The van der Waals surface area contributed by atoms with Crippen molar-refractivity contribution in [1.29, 1.82) is 0 Å². The summed E-state index contributed by atoms with van der Waals surface area (Å²) in [5, 5.41) is 11.4. The Kier molecular flexibility index (Phi) is 8.99. The molecule has 0 saturated carbocycles. The lowest BCUT2D eigenvalue weighted by atomic mass is 9.93. The second-order valence-electron chi connectivity index (χ2n) is 9.45. The van der Waals surface area contributed by atoms with Gasteiger partial charge in [0.15, 0.2) is 11.5 Å². The summed E-state index contributed by atoms with van der Waals surface area (Å²) in [5.74, 6) is 0.00454. The number of amides is 1. The number of likely N-dealkylation sites (N-methyl/N-ethyl adjacent to an activating group) is 1. The number of carbonyl (C=O) groups is 2. The first-order chi connectivity index (χ1) is 17.6. The predicted octanol–water partition coefficient (Wildman–Crippen LogP) is 4.34. The highest BCUT2D eigenvalue weighted by atomic mass is 16.5. The summed E-state index contributed by atoms with van der Waals surface area (Å²) < 4.78 is 17.0. The molecule has 0 radical (unpaired) electrons. The van der Waals surface area contributed by atoms with E-state index in [2.05, 4.69) is 6.58 Å². The molecule has 2 aromatic rings. The first kappa shape index (κ1) is 27.8. The van der Waals surface area contributed by atoms with E-state index in [9.17, 15) is 14.7 Å². The van der Waals surface area contributed by atoms with Gasteiger partial charge in [0, 0.05) is 18.7 Å². The van der Waals surface area contributed by atoms with Gasteiger partial charge in [0.05, 0.1) is 24.8 Å². The van der Waals surface area contributed by atoms with E-state index >= 15 is 0 Å². The smallest absolute Gasteiger partial charge is 0.295 e. The van der Waals surface area contributed by atoms with Crippen LogP contribution in [0.25, 0.3) is 5.76 Å². The molecule has 1 atom stereocenters. The van der Waals surface area contributed by atoms with Gasteiger partial charge in [-0.1, -0.05) is 18.7 Å². The Hall–Kier alpha value is -3.78. The zero-order valence-electron chi connectivity index (χ0n) is 22.4. The van der Waals surface area contributed by atoms with Crippen LogP contribution in [0.1, 0.15) is 36.6 Å². The number of Topliss-reactive ketones (excluding diaryl/α,β-unsaturated/α-hetero) is 1. The van der Waals surface area contributed by atoms with Gasteiger partial charge in [-0.2, -0.15) is 0 Å². The molecule has 1 fully saturated rings. The monoisotopic (exact) mass is 508 g/mol. The summed E-state index contributed by atoms with van der Waals surface area (Å²) in [5.41, 5.74) is 1.84. The van der Waals surface area contributed by atoms with Gasteiger partial charge < -0.3 is 29.1 Å². The molecule has 198 valence electrons. The number of aliphatic hydroxyl groups excluding tert-OH is 1. The van der Waals surface area contributed by atoms with Gasteiger partial charge in [0.1, 0.15) is 18.1 Å². The minimum atomic E-state index is -0.798. The Bertz CT molecular complexity index is 1200. The Morgan fingerprint density at radius 2 is 1.89 bits per heavy atom. The van der Waals surface area contributed by atoms with E-state index < -0.39 is 17.7 Å². The Labute approximate surface area is 218 Å². The van der Waals surface area contributed by atoms with Crippen molar-refractivity contribution in [3.63, 3.8) is 0 Å². The van der Waals surface area contributed by atoms with Crippen molar-refractivity contribution in [2.45, 2.75) is 32.9 Å². The van der Waals surface area contributed by atoms with Gasteiger partial charge in [0.25, 0.3) is 11.7 Å². The number of ether oxygens (including phenoxy) is 3. The van der Waals surface area contributed by atoms with Crippen LogP contribution in [0.4, 0.5) is 0 Å². The molecule has 0 spiro atoms. The molecule has 2 aromatic carbocycles. The van der Waals surface area contributed by atoms with Crippen molar-refractivity contribution < 1.29 is 28.9 Å². The summed E-state index contributed by atoms with van der Waals surface area (Å²) in [4.78, 5) is 30.0. The SMILES string of the molecule is C=CCOc1ccc(C2/C(=C(\O)c3ccc(OC(C)C)cc3C)C(=O)C(=O)N2CCN(C)C)cc1OC. The third-order valence-corrected chi connectivity index (χ3v) is 6.01. The lowest BCUT2D eigenvalue weighted by Gasteiger charge is -2.27. The highest BCUT2D eigenvalue weighted by molar-refractivity contribution is 6.46. The van der Waals surface area contributed by atoms with Gasteiger partial charge in [-0.3, -0.25) is 9.59 Å². The lowest BCUT2D eigenvalue weighted by Crippen LogP contribution is -2.35. The van der Waals surface area contributed by atoms with Crippen LogP contribution in [0.15, 0.2) is 54.6 Å². The molecule has 1 aliphatic rings. The number of hydrogen-bond donors (Lipinski definition) is 1. The zero-order chi connectivity index (χ0) is 27.3. The van der Waals surface area contributed by atoms with Gasteiger partial charge in [-0.25, -0.2) is 0 Å². The largest absolute Gasteiger partial charge is 0.507 e. The van der Waals surface area contributed by atoms with Crippen LogP contribution in [-0.4, -0.2) is 73.6 Å². The van der Waals surface area contributed by atoms with E-state index in [1.807, 2.05) is 39.8 Å². The quantitative estimate of drug-likeness (QED) is 0.209. The van der Waals surface area contributed by atoms with Crippen molar-refractivity contribution in [1.82, 2.24) is 9.80 Å². The minimum Gasteiger partial charge on any atom is -0.507 e. The van der Waals surface area contributed by atoms with Crippen LogP contribution >= 0.6 is 0 Å². The van der Waals surface area contributed by atoms with Crippen LogP contribution in [-0.2, 0) is 9.59 Å². The molecule has 0 aliphatic carbocycles. The normalized spacial score (nSPS) is 17.0. The number of carbonyl (C=O) groups excluding carboxylic acids is 2. The molecule has 8 nitrogen and oxygen atoms in total. The maximum Gasteiger partial charge on any atom is 0.295 e. The first-order valence-electron chi connectivity index (χ1n) is 12.2. The highest BCUT2D eigenvalue weighted by Gasteiger charge is 2.46. The lowest BCUT2D eigenvalue weighted by molar-refractivity contribution is -0.140. The number of methoxy groups -OCH3 is 1. The second kappa shape index (κ2) is 12.0. The first-order valence-corrected chi connectivity index (χ1v) is 12.2. The summed E-state index contributed by atoms with van der Waals surface area (Å²) >= 11 is 0. The molecular formula is C29H36N2O6. The molecule has 1 aliphatic heterocycles. The fraction of sp³-hybridized carbons (Fsp3) is 0.379. The van der Waals surface area contributed by atoms with E-state index in [4.69, 9.17) is 14.2 Å². The number of benzene rings is 2. The molecule has 1 N–H and O–H groups in total. The standard InChI is InChI=1S/C29H36N2O6/c1-8-15-36-23-12-9-20(17-24(23)35-7)26-25(28(33)29(34)31(26)14-13-30(5)6)27(32)22-11-10-21(16-19(22)4)37-18(2)3/h8-12,16-18,26,32H,1,13-15H2,2-7H3/b27-25+. The molecule has 3 rings (SSSR count). The highest BCUT2D eigenvalue weighted by Crippen LogP contribution is 2.42. The molecule has 1 saturated heterocycles. The van der Waals surface area contributed by atoms with E-state index in [1.54, 1.807) is 42.5 Å². The number of nitrogens with zero attached hydrogens (tertiary/aromatic N) is 2. The van der Waals surface area contributed by atoms with Crippen LogP contribution < -0.4 is 14.2 Å². The van der Waals surface area contributed by atoms with Crippen LogP contribution in [0, 0.1) is 6.92 Å². The van der Waals surface area contributed by atoms with Crippen LogP contribution in [0.5, 0.6) is 17.2 Å².